The minimum absolute atomic E-state index is 0.234. The van der Waals surface area contributed by atoms with Crippen molar-refractivity contribution in [3.05, 3.63) is 35.0 Å². The number of amides is 1. The highest BCUT2D eigenvalue weighted by Crippen LogP contribution is 2.35. The number of pyridine rings is 1. The van der Waals surface area contributed by atoms with Gasteiger partial charge in [0.15, 0.2) is 0 Å². The van der Waals surface area contributed by atoms with Crippen molar-refractivity contribution in [2.75, 3.05) is 0 Å². The Morgan fingerprint density at radius 1 is 1.52 bits per heavy atom. The van der Waals surface area contributed by atoms with E-state index in [0.717, 1.165) is 17.3 Å². The number of carbonyl (C=O) groups excluding carboxylic acids is 1. The molecule has 1 aliphatic heterocycles. The van der Waals surface area contributed by atoms with Crippen molar-refractivity contribution in [1.29, 1.82) is 0 Å². The molecule has 1 aliphatic rings. The van der Waals surface area contributed by atoms with Crippen molar-refractivity contribution < 1.29 is 14.7 Å². The summed E-state index contributed by atoms with van der Waals surface area (Å²) in [5, 5.41) is 9.32. The molecule has 0 spiro atoms. The van der Waals surface area contributed by atoms with E-state index in [9.17, 15) is 14.7 Å². The van der Waals surface area contributed by atoms with E-state index >= 15 is 0 Å². The monoisotopic (exact) mass is 322 g/mol. The smallest absolute Gasteiger partial charge is 0.327 e. The third-order valence-electron chi connectivity index (χ3n) is 2.97. The van der Waals surface area contributed by atoms with Crippen LogP contribution in [0, 0.1) is 5.92 Å². The van der Waals surface area contributed by atoms with Gasteiger partial charge in [0.25, 0.3) is 5.91 Å². The normalized spacial score (nSPS) is 18.6. The van der Waals surface area contributed by atoms with Gasteiger partial charge < -0.3 is 5.11 Å². The second-order valence-electron chi connectivity index (χ2n) is 4.87. The van der Waals surface area contributed by atoms with Crippen LogP contribution in [0.15, 0.2) is 29.4 Å². The third kappa shape index (κ3) is 3.30. The Balaban J connectivity index is 2.32. The van der Waals surface area contributed by atoms with E-state index in [1.807, 2.05) is 6.07 Å². The Labute approximate surface area is 132 Å². The van der Waals surface area contributed by atoms with Crippen LogP contribution < -0.4 is 0 Å². The Morgan fingerprint density at radius 3 is 2.76 bits per heavy atom. The number of nitrogens with zero attached hydrogens (tertiary/aromatic N) is 2. The van der Waals surface area contributed by atoms with Crippen molar-refractivity contribution in [3.63, 3.8) is 0 Å². The molecule has 110 valence electrons. The molecule has 2 rings (SSSR count). The van der Waals surface area contributed by atoms with Crippen LogP contribution >= 0.6 is 24.0 Å². The molecule has 1 aromatic rings. The summed E-state index contributed by atoms with van der Waals surface area (Å²) in [6.45, 7) is 3.50. The second kappa shape index (κ2) is 6.36. The number of carboxylic acid groups (broad SMARTS) is 1. The molecule has 7 heteroatoms. The van der Waals surface area contributed by atoms with Gasteiger partial charge in [-0.05, 0) is 23.6 Å². The standard InChI is InChI=1S/C14H14N2O3S2/c1-8(2)11(13(18)19)16-12(17)10(21-14(16)20)6-9-4-3-5-15-7-9/h3-8,11H,1-2H3,(H,18,19)/b10-6-/t11-/m1/s1. The Hall–Kier alpha value is -1.73. The molecule has 2 heterocycles. The maximum absolute atomic E-state index is 12.4. The van der Waals surface area contributed by atoms with Crippen LogP contribution in [0.1, 0.15) is 19.4 Å². The van der Waals surface area contributed by atoms with E-state index < -0.39 is 12.0 Å². The topological polar surface area (TPSA) is 70.5 Å². The number of carboxylic acids is 1. The average Bonchev–Trinajstić information content (AvgIpc) is 2.67. The molecule has 1 aromatic heterocycles. The quantitative estimate of drug-likeness (QED) is 0.678. The van der Waals surface area contributed by atoms with E-state index in [0.29, 0.717) is 4.91 Å². The fourth-order valence-corrected chi connectivity index (χ4v) is 3.36. The molecule has 1 saturated heterocycles. The summed E-state index contributed by atoms with van der Waals surface area (Å²) < 4.78 is 0.274. The van der Waals surface area contributed by atoms with Crippen LogP contribution in [-0.2, 0) is 9.59 Å². The lowest BCUT2D eigenvalue weighted by Gasteiger charge is -2.26. The molecular formula is C14H14N2O3S2. The van der Waals surface area contributed by atoms with Crippen LogP contribution in [0.4, 0.5) is 0 Å². The minimum atomic E-state index is -1.05. The van der Waals surface area contributed by atoms with Gasteiger partial charge in [-0.2, -0.15) is 0 Å². The molecule has 0 aromatic carbocycles. The lowest BCUT2D eigenvalue weighted by atomic mass is 10.0. The molecule has 1 fully saturated rings. The number of hydrogen-bond donors (Lipinski definition) is 1. The summed E-state index contributed by atoms with van der Waals surface area (Å²) in [4.78, 5) is 29.4. The van der Waals surface area contributed by atoms with Gasteiger partial charge in [0.05, 0.1) is 4.91 Å². The van der Waals surface area contributed by atoms with E-state index in [1.54, 1.807) is 38.4 Å². The molecule has 5 nitrogen and oxygen atoms in total. The van der Waals surface area contributed by atoms with E-state index in [4.69, 9.17) is 12.2 Å². The first kappa shape index (κ1) is 15.7. The number of thioether (sulfide) groups is 1. The van der Waals surface area contributed by atoms with Gasteiger partial charge in [0.2, 0.25) is 0 Å². The van der Waals surface area contributed by atoms with Crippen molar-refractivity contribution in [3.8, 4) is 0 Å². The first-order valence-electron chi connectivity index (χ1n) is 6.31. The number of aromatic nitrogens is 1. The van der Waals surface area contributed by atoms with Crippen LogP contribution in [-0.4, -0.2) is 37.2 Å². The number of aliphatic carboxylic acids is 1. The summed E-state index contributed by atoms with van der Waals surface area (Å²) in [6.07, 6.45) is 4.94. The SMILES string of the molecule is CC(C)[C@H](C(=O)O)N1C(=O)/C(=C/c2cccnc2)SC1=S. The highest BCUT2D eigenvalue weighted by molar-refractivity contribution is 8.26. The first-order chi connectivity index (χ1) is 9.91. The first-order valence-corrected chi connectivity index (χ1v) is 7.54. The number of rotatable bonds is 4. The van der Waals surface area contributed by atoms with E-state index in [-0.39, 0.29) is 16.1 Å². The van der Waals surface area contributed by atoms with Crippen molar-refractivity contribution in [2.24, 2.45) is 5.92 Å². The summed E-state index contributed by atoms with van der Waals surface area (Å²) >= 11 is 6.29. The van der Waals surface area contributed by atoms with Crippen molar-refractivity contribution in [2.45, 2.75) is 19.9 Å². The largest absolute Gasteiger partial charge is 0.480 e. The molecule has 1 amide bonds. The van der Waals surface area contributed by atoms with Gasteiger partial charge in [-0.1, -0.05) is 43.9 Å². The zero-order chi connectivity index (χ0) is 15.6. The molecule has 0 unspecified atom stereocenters. The lowest BCUT2D eigenvalue weighted by Crippen LogP contribution is -2.47. The van der Waals surface area contributed by atoms with Crippen LogP contribution in [0.3, 0.4) is 0 Å². The number of thiocarbonyl (C=S) groups is 1. The minimum Gasteiger partial charge on any atom is -0.480 e. The highest BCUT2D eigenvalue weighted by atomic mass is 32.2. The highest BCUT2D eigenvalue weighted by Gasteiger charge is 2.41. The summed E-state index contributed by atoms with van der Waals surface area (Å²) in [7, 11) is 0. The molecule has 0 bridgehead atoms. The van der Waals surface area contributed by atoms with Crippen LogP contribution in [0.2, 0.25) is 0 Å². The molecular weight excluding hydrogens is 308 g/mol. The predicted octanol–water partition coefficient (Wildman–Crippen LogP) is 2.39. The lowest BCUT2D eigenvalue weighted by molar-refractivity contribution is -0.146. The molecule has 1 atom stereocenters. The van der Waals surface area contributed by atoms with E-state index in [2.05, 4.69) is 4.98 Å². The van der Waals surface area contributed by atoms with Crippen LogP contribution in [0.5, 0.6) is 0 Å². The Morgan fingerprint density at radius 2 is 2.24 bits per heavy atom. The second-order valence-corrected chi connectivity index (χ2v) is 6.54. The fraction of sp³-hybridized carbons (Fsp3) is 0.286. The molecule has 0 aliphatic carbocycles. The van der Waals surface area contributed by atoms with Gasteiger partial charge in [-0.15, -0.1) is 0 Å². The van der Waals surface area contributed by atoms with Crippen molar-refractivity contribution in [1.82, 2.24) is 9.88 Å². The predicted molar refractivity (Wildman–Crippen MR) is 85.5 cm³/mol. The number of hydrogen-bond acceptors (Lipinski definition) is 5. The molecule has 0 radical (unpaired) electrons. The van der Waals surface area contributed by atoms with Gasteiger partial charge in [0, 0.05) is 12.4 Å². The molecule has 0 saturated carbocycles. The summed E-state index contributed by atoms with van der Waals surface area (Å²) in [5.41, 5.74) is 0.773. The van der Waals surface area contributed by atoms with Gasteiger partial charge in [-0.25, -0.2) is 4.79 Å². The maximum atomic E-state index is 12.4. The van der Waals surface area contributed by atoms with E-state index in [1.165, 1.54) is 4.90 Å². The van der Waals surface area contributed by atoms with Crippen molar-refractivity contribution >= 4 is 46.3 Å². The maximum Gasteiger partial charge on any atom is 0.327 e. The Kier molecular flexibility index (Phi) is 4.74. The van der Waals surface area contributed by atoms with Gasteiger partial charge in [-0.3, -0.25) is 14.7 Å². The molecule has 21 heavy (non-hydrogen) atoms. The summed E-state index contributed by atoms with van der Waals surface area (Å²) in [5.74, 6) is -1.65. The Bertz CT molecular complexity index is 614. The summed E-state index contributed by atoms with van der Waals surface area (Å²) in [6, 6.07) is 2.63. The van der Waals surface area contributed by atoms with Gasteiger partial charge in [0.1, 0.15) is 10.4 Å². The number of carbonyl (C=O) groups is 2. The zero-order valence-electron chi connectivity index (χ0n) is 11.5. The third-order valence-corrected chi connectivity index (χ3v) is 4.30. The molecule has 1 N–H and O–H groups in total. The zero-order valence-corrected chi connectivity index (χ0v) is 13.1. The van der Waals surface area contributed by atoms with Gasteiger partial charge >= 0.3 is 5.97 Å². The average molecular weight is 322 g/mol. The van der Waals surface area contributed by atoms with Crippen LogP contribution in [0.25, 0.3) is 6.08 Å². The fourth-order valence-electron chi connectivity index (χ4n) is 2.03.